The molecule has 4 heteroatoms. The van der Waals surface area contributed by atoms with E-state index in [0.29, 0.717) is 12.0 Å². The van der Waals surface area contributed by atoms with Gasteiger partial charge in [-0.1, -0.05) is 0 Å². The molecule has 0 amide bonds. The van der Waals surface area contributed by atoms with Crippen LogP contribution in [0.2, 0.25) is 0 Å². The molecule has 0 spiro atoms. The van der Waals surface area contributed by atoms with E-state index in [0.717, 1.165) is 0 Å². The van der Waals surface area contributed by atoms with E-state index in [1.807, 2.05) is 11.9 Å². The third-order valence-corrected chi connectivity index (χ3v) is 3.67. The number of carbonyl (C=O) groups excluding carboxylic acids is 1. The molecule has 98 valence electrons. The van der Waals surface area contributed by atoms with Crippen LogP contribution in [-0.4, -0.2) is 40.5 Å². The number of benzene rings is 1. The van der Waals surface area contributed by atoms with Gasteiger partial charge in [-0.05, 0) is 44.9 Å². The molecule has 1 fully saturated rings. The quantitative estimate of drug-likeness (QED) is 0.784. The van der Waals surface area contributed by atoms with Crippen LogP contribution in [0.1, 0.15) is 30.1 Å². The van der Waals surface area contributed by atoms with Crippen molar-refractivity contribution in [1.29, 1.82) is 0 Å². The molecule has 4 nitrogen and oxygen atoms in total. The summed E-state index contributed by atoms with van der Waals surface area (Å²) in [5.74, 6) is 0.384. The fraction of sp³-hybridized carbons (Fsp3) is 0.500. The molecule has 1 aromatic rings. The van der Waals surface area contributed by atoms with Crippen LogP contribution in [0.5, 0.6) is 11.5 Å². The third kappa shape index (κ3) is 2.82. The Morgan fingerprint density at radius 3 is 2.67 bits per heavy atom. The second kappa shape index (κ2) is 4.98. The van der Waals surface area contributed by atoms with E-state index in [9.17, 15) is 15.0 Å². The Morgan fingerprint density at radius 1 is 1.44 bits per heavy atom. The van der Waals surface area contributed by atoms with Gasteiger partial charge in [-0.25, -0.2) is 0 Å². The smallest absolute Gasteiger partial charge is 0.180 e. The van der Waals surface area contributed by atoms with Crippen LogP contribution < -0.4 is 0 Å². The first kappa shape index (κ1) is 12.9. The first-order chi connectivity index (χ1) is 8.49. The number of hydrogen-bond donors (Lipinski definition) is 2. The van der Waals surface area contributed by atoms with Crippen LogP contribution in [0.15, 0.2) is 18.2 Å². The molecule has 0 radical (unpaired) electrons. The third-order valence-electron chi connectivity index (χ3n) is 3.67. The van der Waals surface area contributed by atoms with Crippen LogP contribution in [0.3, 0.4) is 0 Å². The second-order valence-corrected chi connectivity index (χ2v) is 5.12. The topological polar surface area (TPSA) is 60.8 Å². The predicted molar refractivity (Wildman–Crippen MR) is 68.9 cm³/mol. The first-order valence-corrected chi connectivity index (χ1v) is 6.24. The molecule has 0 aliphatic heterocycles. The van der Waals surface area contributed by atoms with Crippen molar-refractivity contribution in [2.24, 2.45) is 5.92 Å². The molecule has 0 saturated heterocycles. The van der Waals surface area contributed by atoms with E-state index in [1.54, 1.807) is 0 Å². The van der Waals surface area contributed by atoms with E-state index < -0.39 is 0 Å². The highest BCUT2D eigenvalue weighted by molar-refractivity contribution is 6.00. The Kier molecular flexibility index (Phi) is 3.57. The van der Waals surface area contributed by atoms with E-state index in [2.05, 4.69) is 6.92 Å². The normalized spacial score (nSPS) is 16.8. The minimum absolute atomic E-state index is 0.0382. The molecule has 0 heterocycles. The van der Waals surface area contributed by atoms with Gasteiger partial charge >= 0.3 is 0 Å². The van der Waals surface area contributed by atoms with Gasteiger partial charge in [0.25, 0.3) is 0 Å². The second-order valence-electron chi connectivity index (χ2n) is 5.12. The summed E-state index contributed by atoms with van der Waals surface area (Å²) in [5.41, 5.74) is 0.266. The van der Waals surface area contributed by atoms with Gasteiger partial charge in [0.2, 0.25) is 0 Å². The lowest BCUT2D eigenvalue weighted by atomic mass is 10.1. The van der Waals surface area contributed by atoms with Gasteiger partial charge in [0.05, 0.1) is 12.1 Å². The highest BCUT2D eigenvalue weighted by atomic mass is 16.3. The summed E-state index contributed by atoms with van der Waals surface area (Å²) in [6, 6.07) is 4.46. The fourth-order valence-corrected chi connectivity index (χ4v) is 2.15. The molecule has 18 heavy (non-hydrogen) atoms. The molecule has 0 bridgehead atoms. The highest BCUT2D eigenvalue weighted by Gasteiger charge is 2.31. The maximum absolute atomic E-state index is 12.1. The fourth-order valence-electron chi connectivity index (χ4n) is 2.15. The SMILES string of the molecule is CC(C1CC1)N(C)CC(=O)c1ccc(O)cc1O. The summed E-state index contributed by atoms with van der Waals surface area (Å²) in [6.45, 7) is 2.41. The van der Waals surface area contributed by atoms with Gasteiger partial charge < -0.3 is 10.2 Å². The highest BCUT2D eigenvalue weighted by Crippen LogP contribution is 2.34. The van der Waals surface area contributed by atoms with Crippen molar-refractivity contribution < 1.29 is 15.0 Å². The minimum atomic E-state index is -0.160. The number of phenols is 2. The molecule has 1 unspecified atom stereocenters. The van der Waals surface area contributed by atoms with Gasteiger partial charge in [0.15, 0.2) is 5.78 Å². The Labute approximate surface area is 107 Å². The molecule has 1 saturated carbocycles. The van der Waals surface area contributed by atoms with Crippen molar-refractivity contribution in [2.75, 3.05) is 13.6 Å². The summed E-state index contributed by atoms with van der Waals surface area (Å²) in [7, 11) is 1.93. The summed E-state index contributed by atoms with van der Waals surface area (Å²) >= 11 is 0. The summed E-state index contributed by atoms with van der Waals surface area (Å²) in [6.07, 6.45) is 2.48. The van der Waals surface area contributed by atoms with E-state index in [4.69, 9.17) is 0 Å². The number of carbonyl (C=O) groups is 1. The Bertz CT molecular complexity index is 454. The zero-order valence-corrected chi connectivity index (χ0v) is 10.8. The van der Waals surface area contributed by atoms with Crippen LogP contribution in [-0.2, 0) is 0 Å². The molecule has 2 rings (SSSR count). The maximum Gasteiger partial charge on any atom is 0.180 e. The maximum atomic E-state index is 12.1. The van der Waals surface area contributed by atoms with Crippen LogP contribution in [0.25, 0.3) is 0 Å². The average molecular weight is 249 g/mol. The minimum Gasteiger partial charge on any atom is -0.508 e. The lowest BCUT2D eigenvalue weighted by Crippen LogP contribution is -2.35. The predicted octanol–water partition coefficient (Wildman–Crippen LogP) is 2.01. The van der Waals surface area contributed by atoms with Crippen molar-refractivity contribution in [1.82, 2.24) is 4.90 Å². The number of rotatable bonds is 5. The lowest BCUT2D eigenvalue weighted by Gasteiger charge is -2.23. The van der Waals surface area contributed by atoms with Gasteiger partial charge in [0.1, 0.15) is 11.5 Å². The van der Waals surface area contributed by atoms with Gasteiger partial charge in [0, 0.05) is 12.1 Å². The average Bonchev–Trinajstić information content (AvgIpc) is 3.11. The van der Waals surface area contributed by atoms with Gasteiger partial charge in [-0.2, -0.15) is 0 Å². The molecule has 2 N–H and O–H groups in total. The number of likely N-dealkylation sites (N-methyl/N-ethyl adjacent to an activating group) is 1. The van der Waals surface area contributed by atoms with Crippen molar-refractivity contribution >= 4 is 5.78 Å². The number of hydrogen-bond acceptors (Lipinski definition) is 4. The van der Waals surface area contributed by atoms with Crippen molar-refractivity contribution in [2.45, 2.75) is 25.8 Å². The zero-order chi connectivity index (χ0) is 13.3. The molecule has 1 aromatic carbocycles. The zero-order valence-electron chi connectivity index (χ0n) is 10.8. The van der Waals surface area contributed by atoms with Crippen LogP contribution in [0.4, 0.5) is 0 Å². The molecule has 1 aliphatic rings. The van der Waals surface area contributed by atoms with Crippen LogP contribution >= 0.6 is 0 Å². The van der Waals surface area contributed by atoms with E-state index >= 15 is 0 Å². The van der Waals surface area contributed by atoms with Crippen molar-refractivity contribution in [3.05, 3.63) is 23.8 Å². The van der Waals surface area contributed by atoms with E-state index in [1.165, 1.54) is 31.0 Å². The molecular weight excluding hydrogens is 230 g/mol. The lowest BCUT2D eigenvalue weighted by molar-refractivity contribution is 0.0914. The number of Topliss-reactive ketones (excluding diaryl/α,β-unsaturated/α-hetero) is 1. The van der Waals surface area contributed by atoms with Crippen molar-refractivity contribution in [3.63, 3.8) is 0 Å². The van der Waals surface area contributed by atoms with Crippen LogP contribution in [0, 0.1) is 5.92 Å². The Hall–Kier alpha value is -1.55. The molecule has 0 aromatic heterocycles. The van der Waals surface area contributed by atoms with E-state index in [-0.39, 0.29) is 29.4 Å². The monoisotopic (exact) mass is 249 g/mol. The number of nitrogens with zero attached hydrogens (tertiary/aromatic N) is 1. The summed E-state index contributed by atoms with van der Waals surface area (Å²) in [5, 5.41) is 18.8. The number of ketones is 1. The summed E-state index contributed by atoms with van der Waals surface area (Å²) in [4.78, 5) is 14.1. The molecular formula is C14H19NO3. The largest absolute Gasteiger partial charge is 0.508 e. The summed E-state index contributed by atoms with van der Waals surface area (Å²) < 4.78 is 0. The molecule has 1 atom stereocenters. The standard InChI is InChI=1S/C14H19NO3/c1-9(10-3-4-10)15(2)8-14(18)12-6-5-11(16)7-13(12)17/h5-7,9-10,16-17H,3-4,8H2,1-2H3. The number of phenolic OH excluding ortho intramolecular Hbond substituents is 2. The Morgan fingerprint density at radius 2 is 2.11 bits per heavy atom. The molecule has 1 aliphatic carbocycles. The van der Waals surface area contributed by atoms with Gasteiger partial charge in [-0.3, -0.25) is 9.69 Å². The van der Waals surface area contributed by atoms with Gasteiger partial charge in [-0.15, -0.1) is 0 Å². The number of aromatic hydroxyl groups is 2. The Balaban J connectivity index is 2.02. The van der Waals surface area contributed by atoms with Crippen molar-refractivity contribution in [3.8, 4) is 11.5 Å². The first-order valence-electron chi connectivity index (χ1n) is 6.24.